The van der Waals surface area contributed by atoms with Crippen LogP contribution in [0.5, 0.6) is 0 Å². The molecule has 2 heterocycles. The van der Waals surface area contributed by atoms with Crippen LogP contribution in [0.2, 0.25) is 0 Å². The van der Waals surface area contributed by atoms with Gasteiger partial charge in [0, 0.05) is 17.9 Å². The van der Waals surface area contributed by atoms with Crippen LogP contribution in [0.3, 0.4) is 0 Å². The van der Waals surface area contributed by atoms with E-state index in [0.29, 0.717) is 6.42 Å². The summed E-state index contributed by atoms with van der Waals surface area (Å²) in [7, 11) is 0. The van der Waals surface area contributed by atoms with E-state index in [9.17, 15) is 4.79 Å². The second kappa shape index (κ2) is 8.14. The lowest BCUT2D eigenvalue weighted by atomic mass is 9.85. The molecule has 2 aliphatic carbocycles. The molecule has 2 aromatic heterocycles. The first-order chi connectivity index (χ1) is 14.2. The Balaban J connectivity index is 1.15. The molecule has 1 unspecified atom stereocenters. The van der Waals surface area contributed by atoms with Crippen molar-refractivity contribution >= 4 is 34.4 Å². The van der Waals surface area contributed by atoms with Gasteiger partial charge in [0.05, 0.1) is 11.6 Å². The summed E-state index contributed by atoms with van der Waals surface area (Å²) in [6.07, 6.45) is 10.5. The summed E-state index contributed by atoms with van der Waals surface area (Å²) in [4.78, 5) is 21.0. The highest BCUT2D eigenvalue weighted by atomic mass is 32.2. The van der Waals surface area contributed by atoms with E-state index < -0.39 is 0 Å². The number of thioether (sulfide) groups is 1. The molecule has 0 radical (unpaired) electrons. The van der Waals surface area contributed by atoms with Gasteiger partial charge >= 0.3 is 0 Å². The average molecular weight is 408 g/mol. The molecule has 2 fully saturated rings. The minimum Gasteiger partial charge on any atom is -0.326 e. The second-order valence-electron chi connectivity index (χ2n) is 8.32. The van der Waals surface area contributed by atoms with E-state index in [0.717, 1.165) is 57.2 Å². The fourth-order valence-electron chi connectivity index (χ4n) is 5.02. The highest BCUT2D eigenvalue weighted by Gasteiger charge is 2.39. The molecule has 2 aliphatic rings. The number of carbonyl (C=O) groups excluding carboxylic acids is 1. The maximum atomic E-state index is 12.4. The lowest BCUT2D eigenvalue weighted by Gasteiger charge is -2.21. The number of H-pyrrole nitrogens is 1. The maximum absolute atomic E-state index is 12.4. The Labute approximate surface area is 174 Å². The quantitative estimate of drug-likeness (QED) is 0.434. The molecule has 2 saturated carbocycles. The van der Waals surface area contributed by atoms with Crippen LogP contribution in [0.25, 0.3) is 11.0 Å². The zero-order valence-electron chi connectivity index (χ0n) is 16.3. The summed E-state index contributed by atoms with van der Waals surface area (Å²) in [6.45, 7) is 0. The minimum atomic E-state index is 0.133. The molecule has 0 saturated heterocycles. The number of hydrogen-bond acceptors (Lipinski definition) is 5. The summed E-state index contributed by atoms with van der Waals surface area (Å²) in [5, 5.41) is 11.8. The van der Waals surface area contributed by atoms with E-state index in [1.165, 1.54) is 25.7 Å². The second-order valence-corrected chi connectivity index (χ2v) is 9.29. The molecule has 6 nitrogen and oxygen atoms in total. The number of fused-ring (bicyclic) bond motifs is 3. The van der Waals surface area contributed by atoms with Crippen LogP contribution in [0.4, 0.5) is 5.69 Å². The van der Waals surface area contributed by atoms with Crippen LogP contribution in [0.15, 0.2) is 41.8 Å². The van der Waals surface area contributed by atoms with E-state index in [1.54, 1.807) is 24.3 Å². The van der Waals surface area contributed by atoms with Crippen LogP contribution in [-0.4, -0.2) is 26.1 Å². The molecule has 0 spiro atoms. The number of carbonyl (C=O) groups is 1. The third-order valence-electron chi connectivity index (χ3n) is 6.42. The number of aromatic nitrogens is 4. The number of anilines is 1. The zero-order chi connectivity index (χ0) is 19.6. The number of rotatable bonds is 7. The fourth-order valence-corrected chi connectivity index (χ4v) is 5.93. The first-order valence-electron chi connectivity index (χ1n) is 10.4. The van der Waals surface area contributed by atoms with Crippen LogP contribution >= 0.6 is 11.8 Å². The Kier molecular flexibility index (Phi) is 5.23. The number of amides is 1. The van der Waals surface area contributed by atoms with Crippen LogP contribution < -0.4 is 5.32 Å². The maximum Gasteiger partial charge on any atom is 0.224 e. The lowest BCUT2D eigenvalue weighted by Crippen LogP contribution is -2.16. The molecule has 1 aromatic carbocycles. The van der Waals surface area contributed by atoms with Gasteiger partial charge in [-0.15, -0.1) is 11.8 Å². The van der Waals surface area contributed by atoms with Gasteiger partial charge < -0.3 is 5.32 Å². The number of nitrogens with one attached hydrogen (secondary N) is 2. The van der Waals surface area contributed by atoms with Crippen molar-refractivity contribution < 1.29 is 4.79 Å². The van der Waals surface area contributed by atoms with Gasteiger partial charge in [0.1, 0.15) is 11.4 Å². The molecular weight excluding hydrogens is 382 g/mol. The van der Waals surface area contributed by atoms with Crippen molar-refractivity contribution in [1.82, 2.24) is 20.2 Å². The van der Waals surface area contributed by atoms with Crippen molar-refractivity contribution in [3.63, 3.8) is 0 Å². The normalized spacial score (nSPS) is 23.0. The molecule has 3 atom stereocenters. The van der Waals surface area contributed by atoms with Crippen LogP contribution in [0, 0.1) is 17.8 Å². The monoisotopic (exact) mass is 407 g/mol. The number of aromatic amines is 1. The Hall–Kier alpha value is -2.41. The summed E-state index contributed by atoms with van der Waals surface area (Å²) in [5.41, 5.74) is 2.77. The smallest absolute Gasteiger partial charge is 0.224 e. The standard InChI is InChI=1S/C22H25N5OS/c28-20(7-6-17-9-14-4-5-16(17)8-14)26-18-3-1-2-15(10-18)12-29-22-19-11-25-27-21(19)23-13-24-22/h1-3,10-11,13-14,16-17H,4-9,12H2,(H,26,28)(H,23,24,25,27)/t14-,16-,17?/m0/s1. The van der Waals surface area contributed by atoms with Crippen LogP contribution in [0.1, 0.15) is 44.1 Å². The molecule has 29 heavy (non-hydrogen) atoms. The summed E-state index contributed by atoms with van der Waals surface area (Å²) in [6, 6.07) is 8.08. The van der Waals surface area contributed by atoms with Crippen molar-refractivity contribution in [2.24, 2.45) is 17.8 Å². The van der Waals surface area contributed by atoms with Crippen molar-refractivity contribution in [3.8, 4) is 0 Å². The van der Waals surface area contributed by atoms with Gasteiger partial charge in [-0.1, -0.05) is 18.6 Å². The van der Waals surface area contributed by atoms with Crippen LogP contribution in [-0.2, 0) is 10.5 Å². The molecule has 1 amide bonds. The first kappa shape index (κ1) is 18.6. The molecule has 0 aliphatic heterocycles. The minimum absolute atomic E-state index is 0.133. The van der Waals surface area contributed by atoms with E-state index in [-0.39, 0.29) is 5.91 Å². The van der Waals surface area contributed by atoms with Crippen molar-refractivity contribution in [3.05, 3.63) is 42.4 Å². The van der Waals surface area contributed by atoms with E-state index >= 15 is 0 Å². The molecule has 2 bridgehead atoms. The Morgan fingerprint density at radius 2 is 2.21 bits per heavy atom. The lowest BCUT2D eigenvalue weighted by molar-refractivity contribution is -0.116. The van der Waals surface area contributed by atoms with Gasteiger partial charge in [-0.25, -0.2) is 9.97 Å². The highest BCUT2D eigenvalue weighted by molar-refractivity contribution is 7.98. The molecule has 150 valence electrons. The summed E-state index contributed by atoms with van der Waals surface area (Å²) in [5.74, 6) is 3.51. The topological polar surface area (TPSA) is 83.6 Å². The largest absolute Gasteiger partial charge is 0.326 e. The number of benzene rings is 1. The average Bonchev–Trinajstić information content (AvgIpc) is 3.47. The van der Waals surface area contributed by atoms with Gasteiger partial charge in [0.15, 0.2) is 5.65 Å². The van der Waals surface area contributed by atoms with E-state index in [4.69, 9.17) is 0 Å². The van der Waals surface area contributed by atoms with Gasteiger partial charge in [0.25, 0.3) is 0 Å². The Morgan fingerprint density at radius 3 is 3.07 bits per heavy atom. The molecule has 2 N–H and O–H groups in total. The molecule has 5 rings (SSSR count). The molecular formula is C22H25N5OS. The summed E-state index contributed by atoms with van der Waals surface area (Å²) < 4.78 is 0. The molecule has 3 aromatic rings. The SMILES string of the molecule is O=C(CCC1C[C@H]2CC[C@H]1C2)Nc1cccc(CSc2ncnc3[nH]ncc23)c1. The highest BCUT2D eigenvalue weighted by Crippen LogP contribution is 2.49. The van der Waals surface area contributed by atoms with Crippen molar-refractivity contribution in [2.75, 3.05) is 5.32 Å². The van der Waals surface area contributed by atoms with Gasteiger partial charge in [-0.3, -0.25) is 9.89 Å². The fraction of sp³-hybridized carbons (Fsp3) is 0.455. The van der Waals surface area contributed by atoms with Gasteiger partial charge in [0.2, 0.25) is 5.91 Å². The Bertz CT molecular complexity index is 1020. The van der Waals surface area contributed by atoms with Gasteiger partial charge in [-0.2, -0.15) is 5.10 Å². The van der Waals surface area contributed by atoms with Crippen molar-refractivity contribution in [2.45, 2.75) is 49.3 Å². The first-order valence-corrected chi connectivity index (χ1v) is 11.4. The molecule has 7 heteroatoms. The predicted molar refractivity (Wildman–Crippen MR) is 114 cm³/mol. The Morgan fingerprint density at radius 1 is 1.24 bits per heavy atom. The zero-order valence-corrected chi connectivity index (χ0v) is 17.1. The summed E-state index contributed by atoms with van der Waals surface area (Å²) >= 11 is 1.65. The van der Waals surface area contributed by atoms with Gasteiger partial charge in [-0.05, 0) is 61.1 Å². The van der Waals surface area contributed by atoms with E-state index in [1.807, 2.05) is 12.1 Å². The third kappa shape index (κ3) is 4.15. The predicted octanol–water partition coefficient (Wildman–Crippen LogP) is 4.80. The van der Waals surface area contributed by atoms with Crippen molar-refractivity contribution in [1.29, 1.82) is 0 Å². The number of nitrogens with zero attached hydrogens (tertiary/aromatic N) is 3. The third-order valence-corrected chi connectivity index (χ3v) is 7.50. The van der Waals surface area contributed by atoms with E-state index in [2.05, 4.69) is 37.6 Å². The number of hydrogen-bond donors (Lipinski definition) is 2.